The predicted octanol–water partition coefficient (Wildman–Crippen LogP) is 5.52. The van der Waals surface area contributed by atoms with Crippen LogP contribution in [0.25, 0.3) is 0 Å². The number of nitrogens with zero attached hydrogens (tertiary/aromatic N) is 4. The number of halogens is 4. The molecule has 1 saturated heterocycles. The Kier molecular flexibility index (Phi) is 9.87. The molecule has 1 atom stereocenters. The number of hydrogen-bond donors (Lipinski definition) is 0. The first-order chi connectivity index (χ1) is 21.1. The zero-order valence-electron chi connectivity index (χ0n) is 24.1. The van der Waals surface area contributed by atoms with Crippen molar-refractivity contribution in [2.24, 2.45) is 5.10 Å². The number of hydrazone groups is 1. The second kappa shape index (κ2) is 13.8. The van der Waals surface area contributed by atoms with Gasteiger partial charge in [0.2, 0.25) is 0 Å². The highest BCUT2D eigenvalue weighted by Gasteiger charge is 2.36. The highest BCUT2D eigenvalue weighted by molar-refractivity contribution is 6.31. The quantitative estimate of drug-likeness (QED) is 0.312. The van der Waals surface area contributed by atoms with Crippen LogP contribution in [-0.4, -0.2) is 85.4 Å². The Balaban J connectivity index is 1.43. The van der Waals surface area contributed by atoms with Gasteiger partial charge in [-0.15, -0.1) is 0 Å². The molecule has 12 heteroatoms. The van der Waals surface area contributed by atoms with Crippen molar-refractivity contribution >= 4 is 29.1 Å². The number of carbonyl (C=O) groups is 2. The molecule has 1 fully saturated rings. The van der Waals surface area contributed by atoms with Crippen LogP contribution in [0.1, 0.15) is 39.5 Å². The van der Waals surface area contributed by atoms with Crippen molar-refractivity contribution in [2.45, 2.75) is 18.6 Å². The van der Waals surface area contributed by atoms with Crippen LogP contribution in [0.3, 0.4) is 0 Å². The third kappa shape index (κ3) is 7.40. The van der Waals surface area contributed by atoms with Crippen LogP contribution in [-0.2, 0) is 15.7 Å². The van der Waals surface area contributed by atoms with Crippen LogP contribution in [0.15, 0.2) is 77.9 Å². The molecule has 2 amide bonds. The number of ether oxygens (including phenoxy) is 2. The van der Waals surface area contributed by atoms with E-state index in [-0.39, 0.29) is 18.7 Å². The van der Waals surface area contributed by atoms with E-state index in [1.54, 1.807) is 19.2 Å². The molecule has 232 valence electrons. The highest BCUT2D eigenvalue weighted by Crippen LogP contribution is 2.37. The van der Waals surface area contributed by atoms with Gasteiger partial charge in [-0.3, -0.25) is 14.5 Å². The van der Waals surface area contributed by atoms with E-state index < -0.39 is 29.6 Å². The largest absolute Gasteiger partial charge is 0.497 e. The molecule has 0 saturated carbocycles. The molecular formula is C32H32ClF3N4O4. The Hall–Kier alpha value is -3.93. The summed E-state index contributed by atoms with van der Waals surface area (Å²) in [5, 5.41) is 6.54. The Morgan fingerprint density at radius 1 is 1.05 bits per heavy atom. The third-order valence-electron chi connectivity index (χ3n) is 7.70. The van der Waals surface area contributed by atoms with E-state index in [9.17, 15) is 22.8 Å². The molecule has 0 N–H and O–H groups in total. The molecule has 1 unspecified atom stereocenters. The summed E-state index contributed by atoms with van der Waals surface area (Å²) in [6.45, 7) is 2.77. The first-order valence-corrected chi connectivity index (χ1v) is 14.6. The van der Waals surface area contributed by atoms with Crippen LogP contribution in [0, 0.1) is 0 Å². The second-order valence-electron chi connectivity index (χ2n) is 10.5. The van der Waals surface area contributed by atoms with Gasteiger partial charge in [-0.1, -0.05) is 41.9 Å². The SMILES string of the molecule is COc1cccc(C2=NN(C(=O)CN(CCN3CCOCC3)C(=O)c3ccc(C(F)(F)F)cc3)C(c3ccccc3Cl)C2)c1. The van der Waals surface area contributed by atoms with E-state index >= 15 is 0 Å². The van der Waals surface area contributed by atoms with Gasteiger partial charge in [0.25, 0.3) is 11.8 Å². The third-order valence-corrected chi connectivity index (χ3v) is 8.04. The average Bonchev–Trinajstić information content (AvgIpc) is 3.48. The molecule has 2 heterocycles. The first kappa shape index (κ1) is 31.5. The molecule has 8 nitrogen and oxygen atoms in total. The maximum atomic E-state index is 14.0. The number of carbonyl (C=O) groups excluding carboxylic acids is 2. The summed E-state index contributed by atoms with van der Waals surface area (Å²) in [5.74, 6) is -0.360. The lowest BCUT2D eigenvalue weighted by molar-refractivity contribution is -0.137. The van der Waals surface area contributed by atoms with Gasteiger partial charge in [0.05, 0.1) is 37.6 Å². The molecule has 0 aromatic heterocycles. The van der Waals surface area contributed by atoms with Crippen molar-refractivity contribution in [1.82, 2.24) is 14.8 Å². The summed E-state index contributed by atoms with van der Waals surface area (Å²) >= 11 is 6.56. The summed E-state index contributed by atoms with van der Waals surface area (Å²) in [6.07, 6.45) is -4.15. The first-order valence-electron chi connectivity index (χ1n) is 14.2. The summed E-state index contributed by atoms with van der Waals surface area (Å²) in [7, 11) is 1.57. The Bertz CT molecular complexity index is 1510. The minimum Gasteiger partial charge on any atom is -0.497 e. The summed E-state index contributed by atoms with van der Waals surface area (Å²) in [4.78, 5) is 31.1. The van der Waals surface area contributed by atoms with Crippen molar-refractivity contribution in [3.63, 3.8) is 0 Å². The molecule has 2 aliphatic heterocycles. The van der Waals surface area contributed by atoms with E-state index in [1.165, 1.54) is 9.91 Å². The lowest BCUT2D eigenvalue weighted by Crippen LogP contribution is -2.46. The Labute approximate surface area is 258 Å². The fraction of sp³-hybridized carbons (Fsp3) is 0.344. The number of morpholine rings is 1. The molecule has 5 rings (SSSR count). The van der Waals surface area contributed by atoms with E-state index in [2.05, 4.69) is 4.90 Å². The molecule has 3 aromatic carbocycles. The topological polar surface area (TPSA) is 74.7 Å². The van der Waals surface area contributed by atoms with Gasteiger partial charge < -0.3 is 14.4 Å². The van der Waals surface area contributed by atoms with Gasteiger partial charge >= 0.3 is 6.18 Å². The van der Waals surface area contributed by atoms with Crippen molar-refractivity contribution < 1.29 is 32.2 Å². The molecular weight excluding hydrogens is 597 g/mol. The maximum absolute atomic E-state index is 14.0. The van der Waals surface area contributed by atoms with Gasteiger partial charge in [-0.25, -0.2) is 5.01 Å². The lowest BCUT2D eigenvalue weighted by Gasteiger charge is -2.31. The molecule has 0 radical (unpaired) electrons. The molecule has 3 aromatic rings. The fourth-order valence-corrected chi connectivity index (χ4v) is 5.53. The van der Waals surface area contributed by atoms with Crippen LogP contribution in [0.4, 0.5) is 13.2 Å². The molecule has 0 bridgehead atoms. The molecule has 2 aliphatic rings. The van der Waals surface area contributed by atoms with Gasteiger partial charge in [-0.05, 0) is 48.0 Å². The van der Waals surface area contributed by atoms with E-state index in [0.717, 1.165) is 29.8 Å². The second-order valence-corrected chi connectivity index (χ2v) is 10.9. The Morgan fingerprint density at radius 3 is 2.45 bits per heavy atom. The summed E-state index contributed by atoms with van der Waals surface area (Å²) < 4.78 is 50.3. The predicted molar refractivity (Wildman–Crippen MR) is 160 cm³/mol. The molecule has 44 heavy (non-hydrogen) atoms. The maximum Gasteiger partial charge on any atom is 0.416 e. The van der Waals surface area contributed by atoms with E-state index in [4.69, 9.17) is 26.2 Å². The van der Waals surface area contributed by atoms with Gasteiger partial charge in [0.1, 0.15) is 12.3 Å². The number of alkyl halides is 3. The average molecular weight is 629 g/mol. The van der Waals surface area contributed by atoms with Crippen molar-refractivity contribution in [3.05, 3.63) is 100 Å². The smallest absolute Gasteiger partial charge is 0.416 e. The van der Waals surface area contributed by atoms with Crippen molar-refractivity contribution in [2.75, 3.05) is 53.0 Å². The highest BCUT2D eigenvalue weighted by atomic mass is 35.5. The van der Waals surface area contributed by atoms with Crippen molar-refractivity contribution in [3.8, 4) is 5.75 Å². The van der Waals surface area contributed by atoms with Gasteiger partial charge in [-0.2, -0.15) is 18.3 Å². The van der Waals surface area contributed by atoms with Crippen LogP contribution in [0.2, 0.25) is 5.02 Å². The minimum atomic E-state index is -4.53. The molecule has 0 aliphatic carbocycles. The van der Waals surface area contributed by atoms with E-state index in [0.29, 0.717) is 61.3 Å². The zero-order valence-corrected chi connectivity index (χ0v) is 24.9. The van der Waals surface area contributed by atoms with E-state index in [1.807, 2.05) is 36.4 Å². The fourth-order valence-electron chi connectivity index (χ4n) is 5.26. The molecule has 0 spiro atoms. The number of amides is 2. The number of hydrogen-bond acceptors (Lipinski definition) is 6. The Morgan fingerprint density at radius 2 is 1.77 bits per heavy atom. The zero-order chi connectivity index (χ0) is 31.3. The van der Waals surface area contributed by atoms with Crippen LogP contribution >= 0.6 is 11.6 Å². The van der Waals surface area contributed by atoms with Crippen LogP contribution in [0.5, 0.6) is 5.75 Å². The van der Waals surface area contributed by atoms with Gasteiger partial charge in [0, 0.05) is 48.7 Å². The minimum absolute atomic E-state index is 0.0532. The van der Waals surface area contributed by atoms with Gasteiger partial charge in [0.15, 0.2) is 0 Å². The standard InChI is InChI=1S/C32H32ClF3N4O4/c1-43-25-6-4-5-23(19-25)28-20-29(26-7-2-3-8-27(26)33)40(37-28)30(41)21-39(14-13-38-15-17-44-18-16-38)31(42)22-9-11-24(12-10-22)32(34,35)36/h2-12,19,29H,13-18,20-21H2,1H3. The van der Waals surface area contributed by atoms with Crippen molar-refractivity contribution in [1.29, 1.82) is 0 Å². The summed E-state index contributed by atoms with van der Waals surface area (Å²) in [6, 6.07) is 18.0. The normalized spacial score (nSPS) is 17.3. The number of benzene rings is 3. The summed E-state index contributed by atoms with van der Waals surface area (Å²) in [5.41, 5.74) is 1.33. The monoisotopic (exact) mass is 628 g/mol. The van der Waals surface area contributed by atoms with Crippen LogP contribution < -0.4 is 4.74 Å². The lowest BCUT2D eigenvalue weighted by atomic mass is 9.98. The number of methoxy groups -OCH3 is 1. The number of rotatable bonds is 9.